The van der Waals surface area contributed by atoms with Crippen molar-refractivity contribution in [3.8, 4) is 0 Å². The number of nitrogens with one attached hydrogen (secondary N) is 2. The summed E-state index contributed by atoms with van der Waals surface area (Å²) in [5.74, 6) is -0.113. The van der Waals surface area contributed by atoms with Gasteiger partial charge in [0.05, 0.1) is 12.1 Å². The topological polar surface area (TPSA) is 63.2 Å². The van der Waals surface area contributed by atoms with Crippen LogP contribution in [-0.4, -0.2) is 44.2 Å². The van der Waals surface area contributed by atoms with E-state index in [4.69, 9.17) is 4.74 Å². The van der Waals surface area contributed by atoms with Gasteiger partial charge in [-0.25, -0.2) is 4.98 Å². The van der Waals surface area contributed by atoms with Crippen LogP contribution in [0.1, 0.15) is 28.9 Å². The van der Waals surface area contributed by atoms with Gasteiger partial charge in [-0.3, -0.25) is 4.79 Å². The molecular weight excluding hydrogens is 373 g/mol. The molecule has 7 heteroatoms. The highest BCUT2D eigenvalue weighted by Gasteiger charge is 2.32. The van der Waals surface area contributed by atoms with Crippen LogP contribution in [0.3, 0.4) is 0 Å². The second-order valence-corrected chi connectivity index (χ2v) is 6.71. The smallest absolute Gasteiger partial charge is 0.269 e. The minimum Gasteiger partial charge on any atom is -0.384 e. The zero-order valence-corrected chi connectivity index (χ0v) is 16.8. The number of para-hydroxylation sites is 1. The molecule has 0 atom stereocenters. The number of carbonyl (C=O) groups is 1. The van der Waals surface area contributed by atoms with Crippen LogP contribution in [0.4, 0.5) is 0 Å². The van der Waals surface area contributed by atoms with Crippen molar-refractivity contribution in [3.63, 3.8) is 0 Å². The Bertz CT molecular complexity index is 728. The van der Waals surface area contributed by atoms with Crippen LogP contribution in [0.25, 0.3) is 10.9 Å². The van der Waals surface area contributed by atoms with E-state index in [0.29, 0.717) is 18.8 Å². The summed E-state index contributed by atoms with van der Waals surface area (Å²) in [6.45, 7) is 5.23. The number of benzene rings is 1. The van der Waals surface area contributed by atoms with Gasteiger partial charge < -0.3 is 15.4 Å². The molecule has 2 N–H and O–H groups in total. The van der Waals surface area contributed by atoms with Crippen LogP contribution in [0.2, 0.25) is 0 Å². The number of methoxy groups -OCH3 is 1. The SMILES string of the molecule is COCC1(CNC(=O)c2cc(C)c3ccccc3n2)CCNCC1.Cl.Cl. The van der Waals surface area contributed by atoms with Crippen molar-refractivity contribution in [2.24, 2.45) is 5.41 Å². The number of ether oxygens (including phenoxy) is 1. The van der Waals surface area contributed by atoms with Crippen LogP contribution in [0.5, 0.6) is 0 Å². The lowest BCUT2D eigenvalue weighted by atomic mass is 9.79. The molecule has 1 aromatic carbocycles. The van der Waals surface area contributed by atoms with Crippen molar-refractivity contribution in [1.82, 2.24) is 15.6 Å². The summed E-state index contributed by atoms with van der Waals surface area (Å²) in [6.07, 6.45) is 2.01. The van der Waals surface area contributed by atoms with Crippen molar-refractivity contribution in [2.45, 2.75) is 19.8 Å². The number of carbonyl (C=O) groups excluding carboxylic acids is 1. The summed E-state index contributed by atoms with van der Waals surface area (Å²) in [5.41, 5.74) is 2.42. The Labute approximate surface area is 167 Å². The number of hydrogen-bond donors (Lipinski definition) is 2. The average molecular weight is 400 g/mol. The summed E-state index contributed by atoms with van der Waals surface area (Å²) >= 11 is 0. The fourth-order valence-electron chi connectivity index (χ4n) is 3.46. The van der Waals surface area contributed by atoms with Gasteiger partial charge in [-0.1, -0.05) is 18.2 Å². The Kier molecular flexibility index (Phi) is 8.77. The predicted molar refractivity (Wildman–Crippen MR) is 110 cm³/mol. The van der Waals surface area contributed by atoms with Gasteiger partial charge >= 0.3 is 0 Å². The molecule has 1 aliphatic rings. The third-order valence-corrected chi connectivity index (χ3v) is 4.89. The number of amides is 1. The number of halogens is 2. The zero-order chi connectivity index (χ0) is 17.0. The molecule has 0 aliphatic carbocycles. The first-order chi connectivity index (χ1) is 11.6. The van der Waals surface area contributed by atoms with Crippen molar-refractivity contribution in [1.29, 1.82) is 0 Å². The van der Waals surface area contributed by atoms with Crippen LogP contribution >= 0.6 is 24.8 Å². The van der Waals surface area contributed by atoms with E-state index in [2.05, 4.69) is 15.6 Å². The van der Waals surface area contributed by atoms with E-state index in [1.165, 1.54) is 0 Å². The fraction of sp³-hybridized carbons (Fsp3) is 0.474. The van der Waals surface area contributed by atoms with E-state index in [9.17, 15) is 4.79 Å². The van der Waals surface area contributed by atoms with Gasteiger partial charge in [0.25, 0.3) is 5.91 Å². The summed E-state index contributed by atoms with van der Waals surface area (Å²) in [5, 5.41) is 7.53. The molecule has 0 radical (unpaired) electrons. The summed E-state index contributed by atoms with van der Waals surface area (Å²) in [7, 11) is 1.72. The maximum Gasteiger partial charge on any atom is 0.269 e. The first-order valence-corrected chi connectivity index (χ1v) is 8.48. The van der Waals surface area contributed by atoms with Crippen molar-refractivity contribution < 1.29 is 9.53 Å². The van der Waals surface area contributed by atoms with Crippen LogP contribution in [0, 0.1) is 12.3 Å². The molecule has 2 aromatic rings. The minimum atomic E-state index is -0.113. The molecular formula is C19H27Cl2N3O2. The van der Waals surface area contributed by atoms with Gasteiger partial charge in [0.2, 0.25) is 0 Å². The van der Waals surface area contributed by atoms with Crippen molar-refractivity contribution in [2.75, 3.05) is 33.4 Å². The number of aryl methyl sites for hydroxylation is 1. The first-order valence-electron chi connectivity index (χ1n) is 8.48. The Balaban J connectivity index is 0.00000169. The molecule has 0 spiro atoms. The van der Waals surface area contributed by atoms with Gasteiger partial charge in [0, 0.05) is 24.5 Å². The number of rotatable bonds is 5. The highest BCUT2D eigenvalue weighted by atomic mass is 35.5. The number of piperidine rings is 1. The van der Waals surface area contributed by atoms with Gasteiger partial charge in [-0.2, -0.15) is 0 Å². The molecule has 1 saturated heterocycles. The van der Waals surface area contributed by atoms with E-state index >= 15 is 0 Å². The third-order valence-electron chi connectivity index (χ3n) is 4.89. The predicted octanol–water partition coefficient (Wildman–Crippen LogP) is 3.13. The Morgan fingerprint density at radius 3 is 2.65 bits per heavy atom. The summed E-state index contributed by atoms with van der Waals surface area (Å²) < 4.78 is 5.40. The lowest BCUT2D eigenvalue weighted by Crippen LogP contribution is -2.47. The molecule has 5 nitrogen and oxygen atoms in total. The van der Waals surface area contributed by atoms with Crippen LogP contribution in [0.15, 0.2) is 30.3 Å². The largest absolute Gasteiger partial charge is 0.384 e. The number of hydrogen-bond acceptors (Lipinski definition) is 4. The van der Waals surface area contributed by atoms with Gasteiger partial charge in [-0.05, 0) is 50.6 Å². The zero-order valence-electron chi connectivity index (χ0n) is 15.2. The number of nitrogens with zero attached hydrogens (tertiary/aromatic N) is 1. The normalized spacial score (nSPS) is 15.6. The molecule has 3 rings (SSSR count). The minimum absolute atomic E-state index is 0. The van der Waals surface area contributed by atoms with E-state index in [-0.39, 0.29) is 36.1 Å². The molecule has 1 aromatic heterocycles. The monoisotopic (exact) mass is 399 g/mol. The highest BCUT2D eigenvalue weighted by molar-refractivity contribution is 5.95. The van der Waals surface area contributed by atoms with Gasteiger partial charge in [-0.15, -0.1) is 24.8 Å². The Morgan fingerprint density at radius 1 is 1.27 bits per heavy atom. The van der Waals surface area contributed by atoms with Crippen molar-refractivity contribution in [3.05, 3.63) is 41.6 Å². The number of pyridine rings is 1. The molecule has 1 fully saturated rings. The average Bonchev–Trinajstić information content (AvgIpc) is 2.61. The first kappa shape index (κ1) is 22.6. The van der Waals surface area contributed by atoms with Gasteiger partial charge in [0.15, 0.2) is 0 Å². The molecule has 1 amide bonds. The Morgan fingerprint density at radius 2 is 1.96 bits per heavy atom. The lowest BCUT2D eigenvalue weighted by Gasteiger charge is -2.37. The molecule has 144 valence electrons. The second-order valence-electron chi connectivity index (χ2n) is 6.71. The van der Waals surface area contributed by atoms with E-state index < -0.39 is 0 Å². The standard InChI is InChI=1S/C19H25N3O2.2ClH/c1-14-11-17(22-16-6-4-3-5-15(14)16)18(23)21-12-19(13-24-2)7-9-20-10-8-19;;/h3-6,11,20H,7-10,12-13H2,1-2H3,(H,21,23);2*1H. The molecule has 26 heavy (non-hydrogen) atoms. The van der Waals surface area contributed by atoms with Crippen LogP contribution in [-0.2, 0) is 4.74 Å². The maximum atomic E-state index is 12.6. The molecule has 0 bridgehead atoms. The maximum absolute atomic E-state index is 12.6. The number of aromatic nitrogens is 1. The second kappa shape index (κ2) is 10.1. The highest BCUT2D eigenvalue weighted by Crippen LogP contribution is 2.28. The summed E-state index contributed by atoms with van der Waals surface area (Å²) in [6, 6.07) is 9.77. The molecule has 0 unspecified atom stereocenters. The Hall–Kier alpha value is -1.40. The van der Waals surface area contributed by atoms with Gasteiger partial charge in [0.1, 0.15) is 5.69 Å². The molecule has 1 aliphatic heterocycles. The quantitative estimate of drug-likeness (QED) is 0.810. The third kappa shape index (κ3) is 5.07. The molecule has 2 heterocycles. The van der Waals surface area contributed by atoms with Crippen molar-refractivity contribution >= 4 is 41.6 Å². The fourth-order valence-corrected chi connectivity index (χ4v) is 3.46. The number of fused-ring (bicyclic) bond motifs is 1. The molecule has 0 saturated carbocycles. The van der Waals surface area contributed by atoms with Crippen LogP contribution < -0.4 is 10.6 Å². The summed E-state index contributed by atoms with van der Waals surface area (Å²) in [4.78, 5) is 17.1. The van der Waals surface area contributed by atoms with E-state index in [0.717, 1.165) is 42.4 Å². The van der Waals surface area contributed by atoms with E-state index in [1.807, 2.05) is 37.3 Å². The lowest BCUT2D eigenvalue weighted by molar-refractivity contribution is 0.0511. The van der Waals surface area contributed by atoms with E-state index in [1.54, 1.807) is 7.11 Å².